The monoisotopic (exact) mass is 528 g/mol. The Hall–Kier alpha value is -3.20. The van der Waals surface area contributed by atoms with Crippen LogP contribution in [0.3, 0.4) is 0 Å². The van der Waals surface area contributed by atoms with Gasteiger partial charge in [-0.15, -0.1) is 0 Å². The number of piperidine rings is 1. The van der Waals surface area contributed by atoms with Crippen LogP contribution in [0.15, 0.2) is 84.9 Å². The van der Waals surface area contributed by atoms with Crippen molar-refractivity contribution in [2.75, 3.05) is 40.7 Å². The van der Waals surface area contributed by atoms with Crippen molar-refractivity contribution < 1.29 is 30.9 Å². The molecule has 2 atom stereocenters. The minimum atomic E-state index is -3.93. The van der Waals surface area contributed by atoms with Gasteiger partial charge in [0.1, 0.15) is 11.4 Å². The van der Waals surface area contributed by atoms with Crippen LogP contribution in [0.5, 0.6) is 5.75 Å². The van der Waals surface area contributed by atoms with Gasteiger partial charge < -0.3 is 14.4 Å². The van der Waals surface area contributed by atoms with E-state index in [4.69, 9.17) is 17.7 Å². The fraction of sp³-hybridized carbons (Fsp3) is 0.345. The Kier molecular flexibility index (Phi) is 6.15. The second kappa shape index (κ2) is 11.5. The highest BCUT2D eigenvalue weighted by Gasteiger charge is 2.50. The summed E-state index contributed by atoms with van der Waals surface area (Å²) < 4.78 is 88.1. The fourth-order valence-corrected chi connectivity index (χ4v) is 6.36. The molecule has 196 valence electrons. The Morgan fingerprint density at radius 1 is 1.05 bits per heavy atom. The summed E-state index contributed by atoms with van der Waals surface area (Å²) in [6.07, 6.45) is -0.0622. The van der Waals surface area contributed by atoms with Crippen LogP contribution in [0.2, 0.25) is 0 Å². The maximum Gasteiger partial charge on any atom is 0.339 e. The lowest BCUT2D eigenvalue weighted by Crippen LogP contribution is -2.56. The van der Waals surface area contributed by atoms with Gasteiger partial charge in [-0.25, -0.2) is 17.5 Å². The molecule has 1 heterocycles. The second-order valence-corrected chi connectivity index (χ2v) is 11.0. The highest BCUT2D eigenvalue weighted by Crippen LogP contribution is 2.44. The lowest BCUT2D eigenvalue weighted by molar-refractivity contribution is -0.0880. The van der Waals surface area contributed by atoms with Crippen molar-refractivity contribution in [3.63, 3.8) is 0 Å². The predicted molar refractivity (Wildman–Crippen MR) is 144 cm³/mol. The van der Waals surface area contributed by atoms with E-state index in [-0.39, 0.29) is 30.8 Å². The molecule has 8 heteroatoms. The predicted octanol–water partition coefficient (Wildman–Crippen LogP) is 4.16. The topological polar surface area (TPSA) is 76.2 Å². The van der Waals surface area contributed by atoms with E-state index in [2.05, 4.69) is 0 Å². The number of methoxy groups -OCH3 is 1. The number of carbonyl (C=O) groups excluding carboxylic acids is 1. The summed E-state index contributed by atoms with van der Waals surface area (Å²) in [6, 6.07) is 23.5. The number of sulfonamides is 1. The van der Waals surface area contributed by atoms with Gasteiger partial charge in [-0.2, -0.15) is 0 Å². The molecule has 1 aliphatic rings. The third-order valence-electron chi connectivity index (χ3n) is 6.65. The standard InChI is InChI=1S/C29H34N2O5S/c1-30(2)20-26-21-31(37(33,34)22-23-11-6-4-7-12-23)18-17-29(26,25-15-10-16-27(19-25)35-3)36-28(32)24-13-8-5-9-14-24/h4-16,19,26H,17-18,20-22H2,1-3H3/t26-,29-/m1/s1/i1D3,2D3. The van der Waals surface area contributed by atoms with Crippen molar-refractivity contribution in [2.45, 2.75) is 17.8 Å². The molecule has 4 rings (SSSR count). The van der Waals surface area contributed by atoms with Crippen LogP contribution in [-0.4, -0.2) is 64.3 Å². The molecule has 3 aromatic carbocycles. The van der Waals surface area contributed by atoms with Gasteiger partial charge >= 0.3 is 5.97 Å². The molecule has 0 unspecified atom stereocenters. The molecule has 0 aliphatic carbocycles. The molecule has 0 saturated carbocycles. The van der Waals surface area contributed by atoms with Crippen molar-refractivity contribution in [2.24, 2.45) is 5.92 Å². The van der Waals surface area contributed by atoms with E-state index in [0.29, 0.717) is 21.8 Å². The molecule has 0 spiro atoms. The van der Waals surface area contributed by atoms with Gasteiger partial charge in [0.05, 0.1) is 18.4 Å². The molecule has 0 radical (unpaired) electrons. The van der Waals surface area contributed by atoms with Crippen LogP contribution in [-0.2, 0) is 26.1 Å². The Balaban J connectivity index is 1.84. The molecule has 0 bridgehead atoms. The Morgan fingerprint density at radius 2 is 1.76 bits per heavy atom. The smallest absolute Gasteiger partial charge is 0.339 e. The Bertz CT molecular complexity index is 1490. The minimum Gasteiger partial charge on any atom is -0.497 e. The van der Waals surface area contributed by atoms with Crippen LogP contribution in [0.25, 0.3) is 0 Å². The first-order valence-corrected chi connectivity index (χ1v) is 13.5. The quantitative estimate of drug-likeness (QED) is 0.388. The van der Waals surface area contributed by atoms with E-state index >= 15 is 0 Å². The third-order valence-corrected chi connectivity index (χ3v) is 8.46. The van der Waals surface area contributed by atoms with E-state index < -0.39 is 48.0 Å². The molecule has 0 amide bonds. The lowest BCUT2D eigenvalue weighted by atomic mass is 9.75. The van der Waals surface area contributed by atoms with Gasteiger partial charge in [0.15, 0.2) is 0 Å². The maximum atomic E-state index is 13.6. The van der Waals surface area contributed by atoms with Crippen molar-refractivity contribution >= 4 is 16.0 Å². The maximum absolute atomic E-state index is 13.6. The zero-order valence-electron chi connectivity index (χ0n) is 26.5. The van der Waals surface area contributed by atoms with E-state index in [9.17, 15) is 13.2 Å². The average molecular weight is 529 g/mol. The van der Waals surface area contributed by atoms with Gasteiger partial charge in [-0.1, -0.05) is 60.7 Å². The SMILES string of the molecule is [2H]C([2H])([2H])N(C[C@@H]1CN(S(=O)(=O)Cc2ccccc2)CC[C@@]1(OC(=O)c1ccccc1)c1cccc(OC)c1)C([2H])([2H])[2H]. The van der Waals surface area contributed by atoms with E-state index in [1.54, 1.807) is 84.9 Å². The molecule has 7 nitrogen and oxygen atoms in total. The molecule has 0 N–H and O–H groups in total. The highest BCUT2D eigenvalue weighted by molar-refractivity contribution is 7.88. The first-order valence-electron chi connectivity index (χ1n) is 14.9. The molecule has 1 fully saturated rings. The number of ether oxygens (including phenoxy) is 2. The van der Waals surface area contributed by atoms with E-state index in [1.807, 2.05) is 0 Å². The Morgan fingerprint density at radius 3 is 2.43 bits per heavy atom. The summed E-state index contributed by atoms with van der Waals surface area (Å²) in [4.78, 5) is 13.9. The van der Waals surface area contributed by atoms with Crippen LogP contribution >= 0.6 is 0 Å². The molecule has 0 aromatic heterocycles. The summed E-state index contributed by atoms with van der Waals surface area (Å²) in [5.41, 5.74) is -0.385. The summed E-state index contributed by atoms with van der Waals surface area (Å²) in [5, 5.41) is 0. The average Bonchev–Trinajstić information content (AvgIpc) is 2.96. The van der Waals surface area contributed by atoms with Crippen molar-refractivity contribution in [1.29, 1.82) is 0 Å². The normalized spacial score (nSPS) is 23.6. The summed E-state index contributed by atoms with van der Waals surface area (Å²) in [7, 11) is -2.47. The summed E-state index contributed by atoms with van der Waals surface area (Å²) in [6.45, 7) is -7.09. The summed E-state index contributed by atoms with van der Waals surface area (Å²) in [5.74, 6) is -1.71. The van der Waals surface area contributed by atoms with Crippen LogP contribution in [0.4, 0.5) is 0 Å². The molecular weight excluding hydrogens is 488 g/mol. The number of carbonyl (C=O) groups is 1. The number of rotatable bonds is 9. The number of nitrogens with zero attached hydrogens (tertiary/aromatic N) is 2. The van der Waals surface area contributed by atoms with E-state index in [0.717, 1.165) is 0 Å². The fourth-order valence-electron chi connectivity index (χ4n) is 4.79. The highest BCUT2D eigenvalue weighted by atomic mass is 32.2. The van der Waals surface area contributed by atoms with Crippen molar-refractivity contribution in [3.05, 3.63) is 102 Å². The van der Waals surface area contributed by atoms with Gasteiger partial charge in [-0.3, -0.25) is 0 Å². The molecular formula is C29H34N2O5S. The third kappa shape index (κ3) is 6.21. The first kappa shape index (κ1) is 19.9. The van der Waals surface area contributed by atoms with Crippen LogP contribution < -0.4 is 4.74 Å². The number of hydrogen-bond donors (Lipinski definition) is 0. The zero-order valence-corrected chi connectivity index (χ0v) is 21.4. The zero-order chi connectivity index (χ0) is 31.5. The molecule has 1 saturated heterocycles. The van der Waals surface area contributed by atoms with Gasteiger partial charge in [0.25, 0.3) is 0 Å². The largest absolute Gasteiger partial charge is 0.497 e. The van der Waals surface area contributed by atoms with Gasteiger partial charge in [-0.05, 0) is 49.3 Å². The number of hydrogen-bond acceptors (Lipinski definition) is 6. The first-order chi connectivity index (χ1) is 20.2. The number of benzene rings is 3. The van der Waals surface area contributed by atoms with Crippen LogP contribution in [0.1, 0.15) is 36.1 Å². The lowest BCUT2D eigenvalue weighted by Gasteiger charge is -2.47. The Labute approximate surface area is 228 Å². The summed E-state index contributed by atoms with van der Waals surface area (Å²) >= 11 is 0. The van der Waals surface area contributed by atoms with Gasteiger partial charge in [0, 0.05) is 40.2 Å². The van der Waals surface area contributed by atoms with Crippen LogP contribution in [0, 0.1) is 5.92 Å². The molecule has 1 aliphatic heterocycles. The molecule has 37 heavy (non-hydrogen) atoms. The van der Waals surface area contributed by atoms with Crippen molar-refractivity contribution in [1.82, 2.24) is 9.21 Å². The second-order valence-electron chi connectivity index (χ2n) is 9.03. The minimum absolute atomic E-state index is 0.0622. The van der Waals surface area contributed by atoms with E-state index in [1.165, 1.54) is 11.4 Å². The number of esters is 1. The van der Waals surface area contributed by atoms with Gasteiger partial charge in [0.2, 0.25) is 10.0 Å². The van der Waals surface area contributed by atoms with Crippen molar-refractivity contribution in [3.8, 4) is 5.75 Å². The molecule has 3 aromatic rings.